The molecule has 0 radical (unpaired) electrons. The summed E-state index contributed by atoms with van der Waals surface area (Å²) in [7, 11) is 0. The topological polar surface area (TPSA) is 73.0 Å². The van der Waals surface area contributed by atoms with Crippen LogP contribution >= 0.6 is 23.4 Å². The highest BCUT2D eigenvalue weighted by atomic mass is 35.5. The minimum Gasteiger partial charge on any atom is -0.467 e. The van der Waals surface area contributed by atoms with Gasteiger partial charge >= 0.3 is 0 Å². The van der Waals surface area contributed by atoms with E-state index in [1.165, 1.54) is 24.6 Å². The van der Waals surface area contributed by atoms with Gasteiger partial charge in [-0.15, -0.1) is 10.2 Å². The number of benzene rings is 1. The maximum atomic E-state index is 12.3. The molecule has 8 heteroatoms. The highest BCUT2D eigenvalue weighted by Crippen LogP contribution is 2.32. The summed E-state index contributed by atoms with van der Waals surface area (Å²) in [6.45, 7) is 2.55. The molecule has 1 aliphatic rings. The molecule has 1 saturated carbocycles. The van der Waals surface area contributed by atoms with Crippen molar-refractivity contribution in [1.82, 2.24) is 20.1 Å². The molecule has 4 rings (SSSR count). The molecule has 0 spiro atoms. The SMILES string of the molecule is C[C@@H](NC(=O)CSc1nnc(-c2ccc(Cl)cc2)n1Cc1ccco1)C1CC1. The summed E-state index contributed by atoms with van der Waals surface area (Å²) < 4.78 is 7.46. The normalized spacial score (nSPS) is 14.8. The van der Waals surface area contributed by atoms with Crippen LogP contribution in [0.4, 0.5) is 0 Å². The molecule has 0 unspecified atom stereocenters. The van der Waals surface area contributed by atoms with Crippen LogP contribution in [0.2, 0.25) is 5.02 Å². The second kappa shape index (κ2) is 8.41. The Morgan fingerprint density at radius 1 is 1.32 bits per heavy atom. The van der Waals surface area contributed by atoms with Crippen LogP contribution in [-0.4, -0.2) is 32.5 Å². The van der Waals surface area contributed by atoms with E-state index in [1.807, 2.05) is 41.0 Å². The quantitative estimate of drug-likeness (QED) is 0.556. The molecule has 6 nitrogen and oxygen atoms in total. The van der Waals surface area contributed by atoms with Crippen molar-refractivity contribution in [1.29, 1.82) is 0 Å². The summed E-state index contributed by atoms with van der Waals surface area (Å²) in [5, 5.41) is 13.1. The number of nitrogens with zero attached hydrogens (tertiary/aromatic N) is 3. The molecule has 2 heterocycles. The summed E-state index contributed by atoms with van der Waals surface area (Å²) in [4.78, 5) is 12.3. The van der Waals surface area contributed by atoms with Gasteiger partial charge < -0.3 is 9.73 Å². The highest BCUT2D eigenvalue weighted by Gasteiger charge is 2.29. The Morgan fingerprint density at radius 3 is 2.79 bits per heavy atom. The van der Waals surface area contributed by atoms with Gasteiger partial charge in [0.25, 0.3) is 0 Å². The van der Waals surface area contributed by atoms with E-state index in [1.54, 1.807) is 6.26 Å². The Labute approximate surface area is 172 Å². The summed E-state index contributed by atoms with van der Waals surface area (Å²) in [5.74, 6) is 2.46. The zero-order valence-electron chi connectivity index (χ0n) is 15.5. The molecule has 3 aromatic rings. The summed E-state index contributed by atoms with van der Waals surface area (Å²) >= 11 is 7.38. The number of rotatable bonds is 8. The molecule has 0 bridgehead atoms. The molecule has 1 fully saturated rings. The van der Waals surface area contributed by atoms with Crippen molar-refractivity contribution in [3.63, 3.8) is 0 Å². The standard InChI is InChI=1S/C20H21ClN4O2S/c1-13(14-4-5-14)22-18(26)12-28-20-24-23-19(15-6-8-16(21)9-7-15)25(20)11-17-3-2-10-27-17/h2-3,6-10,13-14H,4-5,11-12H2,1H3,(H,22,26)/t13-/m1/s1. The first kappa shape index (κ1) is 19.1. The lowest BCUT2D eigenvalue weighted by atomic mass is 10.2. The van der Waals surface area contributed by atoms with E-state index < -0.39 is 0 Å². The number of halogens is 1. The molecular weight excluding hydrogens is 396 g/mol. The van der Waals surface area contributed by atoms with Crippen LogP contribution in [0.5, 0.6) is 0 Å². The lowest BCUT2D eigenvalue weighted by Gasteiger charge is -2.13. The first-order valence-electron chi connectivity index (χ1n) is 9.24. The van der Waals surface area contributed by atoms with Crippen molar-refractivity contribution in [2.45, 2.75) is 37.5 Å². The van der Waals surface area contributed by atoms with Crippen molar-refractivity contribution in [2.24, 2.45) is 5.92 Å². The van der Waals surface area contributed by atoms with Gasteiger partial charge in [0.1, 0.15) is 5.76 Å². The average molecular weight is 417 g/mol. The molecular formula is C20H21ClN4O2S. The maximum Gasteiger partial charge on any atom is 0.230 e. The van der Waals surface area contributed by atoms with Gasteiger partial charge in [-0.1, -0.05) is 23.4 Å². The minimum absolute atomic E-state index is 0.0185. The van der Waals surface area contributed by atoms with Gasteiger partial charge in [-0.2, -0.15) is 0 Å². The number of hydrogen-bond donors (Lipinski definition) is 1. The van der Waals surface area contributed by atoms with Crippen LogP contribution in [-0.2, 0) is 11.3 Å². The first-order chi connectivity index (χ1) is 13.6. The van der Waals surface area contributed by atoms with Crippen molar-refractivity contribution in [3.8, 4) is 11.4 Å². The number of nitrogens with one attached hydrogen (secondary N) is 1. The molecule has 2 aromatic heterocycles. The zero-order valence-corrected chi connectivity index (χ0v) is 17.0. The van der Waals surface area contributed by atoms with E-state index in [2.05, 4.69) is 22.4 Å². The molecule has 1 amide bonds. The minimum atomic E-state index is 0.0185. The monoisotopic (exact) mass is 416 g/mol. The molecule has 0 aliphatic heterocycles. The Balaban J connectivity index is 1.52. The van der Waals surface area contributed by atoms with Gasteiger partial charge in [-0.3, -0.25) is 9.36 Å². The van der Waals surface area contributed by atoms with Crippen molar-refractivity contribution in [3.05, 3.63) is 53.4 Å². The predicted octanol–water partition coefficient (Wildman–Crippen LogP) is 4.25. The zero-order chi connectivity index (χ0) is 19.5. The number of carbonyl (C=O) groups excluding carboxylic acids is 1. The molecule has 1 N–H and O–H groups in total. The molecule has 1 atom stereocenters. The smallest absolute Gasteiger partial charge is 0.230 e. The third kappa shape index (κ3) is 4.59. The van der Waals surface area contributed by atoms with Gasteiger partial charge in [0, 0.05) is 16.6 Å². The Morgan fingerprint density at radius 2 is 2.11 bits per heavy atom. The van der Waals surface area contributed by atoms with E-state index in [-0.39, 0.29) is 11.9 Å². The molecule has 1 aromatic carbocycles. The van der Waals surface area contributed by atoms with Gasteiger partial charge in [-0.05, 0) is 62.1 Å². The lowest BCUT2D eigenvalue weighted by Crippen LogP contribution is -2.35. The highest BCUT2D eigenvalue weighted by molar-refractivity contribution is 7.99. The fraction of sp³-hybridized carbons (Fsp3) is 0.350. The number of furan rings is 1. The Bertz CT molecular complexity index is 936. The molecule has 1 aliphatic carbocycles. The van der Waals surface area contributed by atoms with Crippen LogP contribution in [0.25, 0.3) is 11.4 Å². The largest absolute Gasteiger partial charge is 0.467 e. The van der Waals surface area contributed by atoms with E-state index in [0.717, 1.165) is 11.3 Å². The van der Waals surface area contributed by atoms with Crippen LogP contribution in [0.15, 0.2) is 52.2 Å². The first-order valence-corrected chi connectivity index (χ1v) is 10.6. The number of aromatic nitrogens is 3. The van der Waals surface area contributed by atoms with Gasteiger partial charge in [0.15, 0.2) is 11.0 Å². The lowest BCUT2D eigenvalue weighted by molar-refractivity contribution is -0.119. The second-order valence-corrected chi connectivity index (χ2v) is 8.34. The second-order valence-electron chi connectivity index (χ2n) is 6.96. The molecule has 146 valence electrons. The van der Waals surface area contributed by atoms with Crippen molar-refractivity contribution >= 4 is 29.3 Å². The predicted molar refractivity (Wildman–Crippen MR) is 109 cm³/mol. The fourth-order valence-electron chi connectivity index (χ4n) is 3.05. The van der Waals surface area contributed by atoms with Gasteiger partial charge in [-0.25, -0.2) is 0 Å². The Hall–Kier alpha value is -2.25. The average Bonchev–Trinajstić information content (AvgIpc) is 3.28. The van der Waals surface area contributed by atoms with Crippen LogP contribution in [0.1, 0.15) is 25.5 Å². The number of amides is 1. The van der Waals surface area contributed by atoms with Crippen LogP contribution in [0.3, 0.4) is 0 Å². The van der Waals surface area contributed by atoms with Gasteiger partial charge in [0.05, 0.1) is 18.6 Å². The van der Waals surface area contributed by atoms with Crippen LogP contribution in [0, 0.1) is 5.92 Å². The van der Waals surface area contributed by atoms with E-state index in [4.69, 9.17) is 16.0 Å². The van der Waals surface area contributed by atoms with E-state index >= 15 is 0 Å². The van der Waals surface area contributed by atoms with E-state index in [0.29, 0.717) is 34.2 Å². The fourth-order valence-corrected chi connectivity index (χ4v) is 3.92. The van der Waals surface area contributed by atoms with Crippen molar-refractivity contribution < 1.29 is 9.21 Å². The third-order valence-corrected chi connectivity index (χ3v) is 5.98. The summed E-state index contributed by atoms with van der Waals surface area (Å²) in [6.07, 6.45) is 4.05. The van der Waals surface area contributed by atoms with Gasteiger partial charge in [0.2, 0.25) is 5.91 Å². The number of carbonyl (C=O) groups is 1. The number of thioether (sulfide) groups is 1. The Kier molecular flexibility index (Phi) is 5.73. The van der Waals surface area contributed by atoms with E-state index in [9.17, 15) is 4.79 Å². The maximum absolute atomic E-state index is 12.3. The van der Waals surface area contributed by atoms with Crippen LogP contribution < -0.4 is 5.32 Å². The molecule has 28 heavy (non-hydrogen) atoms. The number of hydrogen-bond acceptors (Lipinski definition) is 5. The summed E-state index contributed by atoms with van der Waals surface area (Å²) in [5.41, 5.74) is 0.905. The summed E-state index contributed by atoms with van der Waals surface area (Å²) in [6, 6.07) is 11.4. The van der Waals surface area contributed by atoms with Crippen molar-refractivity contribution in [2.75, 3.05) is 5.75 Å². The third-order valence-electron chi connectivity index (χ3n) is 4.76. The molecule has 0 saturated heterocycles.